The van der Waals surface area contributed by atoms with Gasteiger partial charge in [0.05, 0.1) is 0 Å². The highest BCUT2D eigenvalue weighted by Crippen LogP contribution is 2.26. The number of nitrogens with zero attached hydrogens (tertiary/aromatic N) is 4. The van der Waals surface area contributed by atoms with E-state index in [-0.39, 0.29) is 17.7 Å². The maximum absolute atomic E-state index is 12.8. The number of anilines is 1. The lowest BCUT2D eigenvalue weighted by molar-refractivity contribution is -0.114. The van der Waals surface area contributed by atoms with Crippen molar-refractivity contribution in [2.75, 3.05) is 18.4 Å². The number of aryl methyl sites for hydroxylation is 1. The van der Waals surface area contributed by atoms with Crippen molar-refractivity contribution in [3.8, 4) is 0 Å². The van der Waals surface area contributed by atoms with Crippen LogP contribution in [0.4, 0.5) is 5.82 Å². The minimum atomic E-state index is -0.214. The number of hydrogen-bond donors (Lipinski definition) is 1. The standard InChI is InChI=1S/C18H21N5O2/c1-12-19-8-6-16(21-12)15-4-3-9-23(11-15)18(25)14-5-7-20-17(10-14)22-13(2)24/h5-8,10,15H,3-4,9,11H2,1-2H3,(H,20,22,24). The van der Waals surface area contributed by atoms with E-state index in [2.05, 4.69) is 20.3 Å². The van der Waals surface area contributed by atoms with Gasteiger partial charge < -0.3 is 10.2 Å². The Morgan fingerprint density at radius 3 is 2.80 bits per heavy atom. The molecular formula is C18H21N5O2. The topological polar surface area (TPSA) is 88.1 Å². The first-order chi connectivity index (χ1) is 12.0. The molecule has 1 aliphatic heterocycles. The van der Waals surface area contributed by atoms with Crippen LogP contribution in [0.5, 0.6) is 0 Å². The van der Waals surface area contributed by atoms with Gasteiger partial charge in [0.25, 0.3) is 5.91 Å². The zero-order valence-electron chi connectivity index (χ0n) is 14.4. The molecule has 2 aromatic rings. The Morgan fingerprint density at radius 2 is 2.04 bits per heavy atom. The monoisotopic (exact) mass is 339 g/mol. The van der Waals surface area contributed by atoms with Crippen LogP contribution in [0.3, 0.4) is 0 Å². The fourth-order valence-electron chi connectivity index (χ4n) is 3.10. The molecule has 25 heavy (non-hydrogen) atoms. The van der Waals surface area contributed by atoms with Crippen molar-refractivity contribution in [1.29, 1.82) is 0 Å². The Bertz CT molecular complexity index is 793. The van der Waals surface area contributed by atoms with Crippen LogP contribution in [0.1, 0.15) is 47.6 Å². The number of carbonyl (C=O) groups is 2. The average molecular weight is 339 g/mol. The molecule has 0 aromatic carbocycles. The first kappa shape index (κ1) is 17.0. The van der Waals surface area contributed by atoms with Gasteiger partial charge in [-0.2, -0.15) is 0 Å². The number of piperidine rings is 1. The quantitative estimate of drug-likeness (QED) is 0.926. The molecule has 3 rings (SSSR count). The van der Waals surface area contributed by atoms with E-state index < -0.39 is 0 Å². The first-order valence-electron chi connectivity index (χ1n) is 8.35. The van der Waals surface area contributed by atoms with Crippen LogP contribution in [-0.2, 0) is 4.79 Å². The molecule has 1 N–H and O–H groups in total. The number of pyridine rings is 1. The van der Waals surface area contributed by atoms with Crippen molar-refractivity contribution in [1.82, 2.24) is 19.9 Å². The second-order valence-electron chi connectivity index (χ2n) is 6.23. The van der Waals surface area contributed by atoms with Gasteiger partial charge in [-0.3, -0.25) is 9.59 Å². The van der Waals surface area contributed by atoms with E-state index in [4.69, 9.17) is 0 Å². The molecule has 0 saturated carbocycles. The fraction of sp³-hybridized carbons (Fsp3) is 0.389. The lowest BCUT2D eigenvalue weighted by Gasteiger charge is -2.32. The molecule has 7 heteroatoms. The molecule has 1 unspecified atom stereocenters. The van der Waals surface area contributed by atoms with E-state index in [0.29, 0.717) is 17.9 Å². The maximum atomic E-state index is 12.8. The summed E-state index contributed by atoms with van der Waals surface area (Å²) in [6.45, 7) is 4.63. The number of carbonyl (C=O) groups excluding carboxylic acids is 2. The molecule has 2 amide bonds. The van der Waals surface area contributed by atoms with Gasteiger partial charge in [-0.05, 0) is 38.0 Å². The molecule has 2 aromatic heterocycles. The molecule has 3 heterocycles. The van der Waals surface area contributed by atoms with Gasteiger partial charge in [-0.15, -0.1) is 0 Å². The number of nitrogens with one attached hydrogen (secondary N) is 1. The van der Waals surface area contributed by atoms with Gasteiger partial charge in [0.2, 0.25) is 5.91 Å². The zero-order chi connectivity index (χ0) is 17.8. The molecule has 7 nitrogen and oxygen atoms in total. The third-order valence-electron chi connectivity index (χ3n) is 4.24. The molecule has 0 radical (unpaired) electrons. The van der Waals surface area contributed by atoms with Gasteiger partial charge in [0, 0.05) is 49.6 Å². The Balaban J connectivity index is 1.75. The molecule has 130 valence electrons. The lowest BCUT2D eigenvalue weighted by atomic mass is 9.94. The summed E-state index contributed by atoms with van der Waals surface area (Å²) in [6, 6.07) is 5.21. The van der Waals surface area contributed by atoms with Crippen molar-refractivity contribution < 1.29 is 9.59 Å². The van der Waals surface area contributed by atoms with E-state index in [1.807, 2.05) is 17.9 Å². The van der Waals surface area contributed by atoms with Crippen LogP contribution < -0.4 is 5.32 Å². The van der Waals surface area contributed by atoms with Crippen molar-refractivity contribution in [3.63, 3.8) is 0 Å². The number of hydrogen-bond acceptors (Lipinski definition) is 5. The number of rotatable bonds is 3. The van der Waals surface area contributed by atoms with E-state index in [1.54, 1.807) is 18.3 Å². The third kappa shape index (κ3) is 4.17. The minimum Gasteiger partial charge on any atom is -0.338 e. The van der Waals surface area contributed by atoms with Crippen molar-refractivity contribution in [3.05, 3.63) is 47.7 Å². The van der Waals surface area contributed by atoms with Crippen LogP contribution in [0.2, 0.25) is 0 Å². The average Bonchev–Trinajstić information content (AvgIpc) is 2.61. The Kier molecular flexibility index (Phi) is 5.02. The van der Waals surface area contributed by atoms with E-state index >= 15 is 0 Å². The minimum absolute atomic E-state index is 0.0514. The Hall–Kier alpha value is -2.83. The first-order valence-corrected chi connectivity index (χ1v) is 8.35. The van der Waals surface area contributed by atoms with Crippen LogP contribution in [0.15, 0.2) is 30.6 Å². The van der Waals surface area contributed by atoms with E-state index in [1.165, 1.54) is 13.1 Å². The summed E-state index contributed by atoms with van der Waals surface area (Å²) in [6.07, 6.45) is 5.24. The van der Waals surface area contributed by atoms with Gasteiger partial charge in [-0.1, -0.05) is 0 Å². The van der Waals surface area contributed by atoms with Crippen LogP contribution >= 0.6 is 0 Å². The van der Waals surface area contributed by atoms with E-state index in [0.717, 1.165) is 30.9 Å². The molecule has 1 fully saturated rings. The highest BCUT2D eigenvalue weighted by Gasteiger charge is 2.26. The predicted molar refractivity (Wildman–Crippen MR) is 93.2 cm³/mol. The van der Waals surface area contributed by atoms with Gasteiger partial charge >= 0.3 is 0 Å². The maximum Gasteiger partial charge on any atom is 0.254 e. The summed E-state index contributed by atoms with van der Waals surface area (Å²) < 4.78 is 0. The molecular weight excluding hydrogens is 318 g/mol. The van der Waals surface area contributed by atoms with Crippen LogP contribution in [-0.4, -0.2) is 44.8 Å². The molecule has 0 aliphatic carbocycles. The number of likely N-dealkylation sites (tertiary alicyclic amines) is 1. The van der Waals surface area contributed by atoms with Gasteiger partial charge in [-0.25, -0.2) is 15.0 Å². The number of aromatic nitrogens is 3. The normalized spacial score (nSPS) is 17.2. The summed E-state index contributed by atoms with van der Waals surface area (Å²) in [5, 5.41) is 2.61. The van der Waals surface area contributed by atoms with E-state index in [9.17, 15) is 9.59 Å². The summed E-state index contributed by atoms with van der Waals surface area (Å²) >= 11 is 0. The Morgan fingerprint density at radius 1 is 1.24 bits per heavy atom. The summed E-state index contributed by atoms with van der Waals surface area (Å²) in [4.78, 5) is 38.5. The summed E-state index contributed by atoms with van der Waals surface area (Å²) in [5.74, 6) is 1.09. The largest absolute Gasteiger partial charge is 0.338 e. The SMILES string of the molecule is CC(=O)Nc1cc(C(=O)N2CCCC(c3ccnc(C)n3)C2)ccn1. The lowest BCUT2D eigenvalue weighted by Crippen LogP contribution is -2.39. The van der Waals surface area contributed by atoms with Crippen molar-refractivity contribution >= 4 is 17.6 Å². The third-order valence-corrected chi connectivity index (χ3v) is 4.24. The molecule has 1 aliphatic rings. The second kappa shape index (κ2) is 7.38. The zero-order valence-corrected chi connectivity index (χ0v) is 14.4. The van der Waals surface area contributed by atoms with Crippen molar-refractivity contribution in [2.45, 2.75) is 32.6 Å². The molecule has 0 bridgehead atoms. The van der Waals surface area contributed by atoms with Crippen molar-refractivity contribution in [2.24, 2.45) is 0 Å². The number of amides is 2. The smallest absolute Gasteiger partial charge is 0.254 e. The van der Waals surface area contributed by atoms with Crippen LogP contribution in [0, 0.1) is 6.92 Å². The molecule has 1 saturated heterocycles. The van der Waals surface area contributed by atoms with Gasteiger partial charge in [0.15, 0.2) is 0 Å². The Labute approximate surface area is 146 Å². The highest BCUT2D eigenvalue weighted by molar-refractivity contribution is 5.96. The predicted octanol–water partition coefficient (Wildman–Crippen LogP) is 2.16. The highest BCUT2D eigenvalue weighted by atomic mass is 16.2. The second-order valence-corrected chi connectivity index (χ2v) is 6.23. The van der Waals surface area contributed by atoms with Crippen LogP contribution in [0.25, 0.3) is 0 Å². The summed E-state index contributed by atoms with van der Waals surface area (Å²) in [7, 11) is 0. The fourth-order valence-corrected chi connectivity index (χ4v) is 3.10. The molecule has 0 spiro atoms. The summed E-state index contributed by atoms with van der Waals surface area (Å²) in [5.41, 5.74) is 1.51. The van der Waals surface area contributed by atoms with Gasteiger partial charge in [0.1, 0.15) is 11.6 Å². The molecule has 1 atom stereocenters.